The Labute approximate surface area is 195 Å². The molecule has 4 rings (SSSR count). The Hall–Kier alpha value is -3.78. The molecule has 0 bridgehead atoms. The van der Waals surface area contributed by atoms with Crippen molar-refractivity contribution in [2.24, 2.45) is 0 Å². The molecular formula is C25H21NO6S. The van der Waals surface area contributed by atoms with Gasteiger partial charge in [-0.2, -0.15) is 0 Å². The van der Waals surface area contributed by atoms with Crippen LogP contribution in [0.2, 0.25) is 0 Å². The molecule has 1 fully saturated rings. The van der Waals surface area contributed by atoms with E-state index in [4.69, 9.17) is 9.15 Å². The zero-order chi connectivity index (χ0) is 23.4. The van der Waals surface area contributed by atoms with E-state index in [2.05, 4.69) is 4.74 Å². The summed E-state index contributed by atoms with van der Waals surface area (Å²) in [5.74, 6) is -0.138. The molecule has 168 valence electrons. The van der Waals surface area contributed by atoms with Crippen molar-refractivity contribution in [3.63, 3.8) is 0 Å². The number of carbonyl (C=O) groups is 3. The summed E-state index contributed by atoms with van der Waals surface area (Å²) >= 11 is 0.848. The fourth-order valence-electron chi connectivity index (χ4n) is 3.18. The van der Waals surface area contributed by atoms with E-state index >= 15 is 0 Å². The summed E-state index contributed by atoms with van der Waals surface area (Å²) in [6.07, 6.45) is 1.65. The maximum atomic E-state index is 12.9. The molecular weight excluding hydrogens is 442 g/mol. The quantitative estimate of drug-likeness (QED) is 0.352. The van der Waals surface area contributed by atoms with Gasteiger partial charge in [0.2, 0.25) is 5.76 Å². The molecule has 0 saturated carbocycles. The molecule has 7 nitrogen and oxygen atoms in total. The van der Waals surface area contributed by atoms with Crippen LogP contribution in [-0.4, -0.2) is 29.1 Å². The molecule has 33 heavy (non-hydrogen) atoms. The van der Waals surface area contributed by atoms with Crippen molar-refractivity contribution in [1.29, 1.82) is 0 Å². The van der Waals surface area contributed by atoms with Crippen LogP contribution in [0.25, 0.3) is 6.08 Å². The number of methoxy groups -OCH3 is 1. The third-order valence-corrected chi connectivity index (χ3v) is 5.86. The normalized spacial score (nSPS) is 14.7. The van der Waals surface area contributed by atoms with Gasteiger partial charge in [0.15, 0.2) is 0 Å². The predicted molar refractivity (Wildman–Crippen MR) is 124 cm³/mol. The van der Waals surface area contributed by atoms with Gasteiger partial charge in [0, 0.05) is 5.56 Å². The van der Waals surface area contributed by atoms with Crippen molar-refractivity contribution >= 4 is 35.0 Å². The van der Waals surface area contributed by atoms with Gasteiger partial charge < -0.3 is 13.9 Å². The van der Waals surface area contributed by atoms with Gasteiger partial charge in [0.05, 0.1) is 18.6 Å². The van der Waals surface area contributed by atoms with Crippen LogP contribution in [0.3, 0.4) is 0 Å². The smallest absolute Gasteiger partial charge is 0.373 e. The minimum Gasteiger partial charge on any atom is -0.488 e. The van der Waals surface area contributed by atoms with Crippen LogP contribution in [0.5, 0.6) is 5.75 Å². The SMILES string of the molecule is COC(=O)c1ccc(CN2C(=O)SC(=Cc3ccccc3OCc3ccc(C)cc3)C2=O)o1. The Morgan fingerprint density at radius 1 is 1.06 bits per heavy atom. The summed E-state index contributed by atoms with van der Waals surface area (Å²) in [4.78, 5) is 38.3. The molecule has 0 aliphatic carbocycles. The number of nitrogens with zero attached hydrogens (tertiary/aromatic N) is 1. The molecule has 2 heterocycles. The summed E-state index contributed by atoms with van der Waals surface area (Å²) < 4.78 is 16.0. The summed E-state index contributed by atoms with van der Waals surface area (Å²) in [6.45, 7) is 2.33. The monoisotopic (exact) mass is 463 g/mol. The zero-order valence-electron chi connectivity index (χ0n) is 18.1. The number of furan rings is 1. The highest BCUT2D eigenvalue weighted by Gasteiger charge is 2.36. The average Bonchev–Trinajstić information content (AvgIpc) is 3.39. The average molecular weight is 464 g/mol. The molecule has 8 heteroatoms. The topological polar surface area (TPSA) is 86.0 Å². The lowest BCUT2D eigenvalue weighted by Crippen LogP contribution is -2.27. The van der Waals surface area contributed by atoms with E-state index in [0.29, 0.717) is 23.7 Å². The number of carbonyl (C=O) groups excluding carboxylic acids is 3. The lowest BCUT2D eigenvalue weighted by Gasteiger charge is -2.11. The highest BCUT2D eigenvalue weighted by atomic mass is 32.2. The predicted octanol–water partition coefficient (Wildman–Crippen LogP) is 5.19. The van der Waals surface area contributed by atoms with E-state index in [0.717, 1.165) is 22.2 Å². The van der Waals surface area contributed by atoms with Gasteiger partial charge in [0.1, 0.15) is 18.1 Å². The van der Waals surface area contributed by atoms with Crippen LogP contribution in [0.4, 0.5) is 4.79 Å². The van der Waals surface area contributed by atoms with Gasteiger partial charge in [0.25, 0.3) is 11.1 Å². The first-order valence-electron chi connectivity index (χ1n) is 10.1. The number of hydrogen-bond acceptors (Lipinski definition) is 7. The Balaban J connectivity index is 1.48. The number of rotatable bonds is 7. The molecule has 1 saturated heterocycles. The van der Waals surface area contributed by atoms with Gasteiger partial charge in [-0.3, -0.25) is 14.5 Å². The third kappa shape index (κ3) is 5.18. The lowest BCUT2D eigenvalue weighted by atomic mass is 10.1. The van der Waals surface area contributed by atoms with Crippen LogP contribution < -0.4 is 4.74 Å². The Bertz CT molecular complexity index is 1230. The number of hydrogen-bond donors (Lipinski definition) is 0. The number of imide groups is 1. The van der Waals surface area contributed by atoms with Crippen molar-refractivity contribution in [3.8, 4) is 5.75 Å². The molecule has 0 radical (unpaired) electrons. The van der Waals surface area contributed by atoms with Gasteiger partial charge in [-0.05, 0) is 48.5 Å². The largest absolute Gasteiger partial charge is 0.488 e. The summed E-state index contributed by atoms with van der Waals surface area (Å²) in [5, 5.41) is -0.416. The van der Waals surface area contributed by atoms with Crippen LogP contribution in [0, 0.1) is 6.92 Å². The Morgan fingerprint density at radius 3 is 2.58 bits per heavy atom. The van der Waals surface area contributed by atoms with Crippen molar-refractivity contribution in [2.45, 2.75) is 20.1 Å². The Kier molecular flexibility index (Phi) is 6.65. The molecule has 0 unspecified atom stereocenters. The second-order valence-electron chi connectivity index (χ2n) is 7.34. The first-order valence-corrected chi connectivity index (χ1v) is 11.0. The number of aryl methyl sites for hydroxylation is 1. The van der Waals surface area contributed by atoms with Crippen molar-refractivity contribution in [2.75, 3.05) is 7.11 Å². The molecule has 0 atom stereocenters. The van der Waals surface area contributed by atoms with Gasteiger partial charge >= 0.3 is 5.97 Å². The molecule has 1 aromatic heterocycles. The molecule has 3 aromatic rings. The van der Waals surface area contributed by atoms with E-state index in [1.807, 2.05) is 55.5 Å². The number of amides is 2. The minimum absolute atomic E-state index is 0.00895. The van der Waals surface area contributed by atoms with E-state index in [-0.39, 0.29) is 17.2 Å². The van der Waals surface area contributed by atoms with Crippen molar-refractivity contribution in [1.82, 2.24) is 4.90 Å². The summed E-state index contributed by atoms with van der Waals surface area (Å²) in [5.41, 5.74) is 2.90. The molecule has 2 aromatic carbocycles. The number of benzene rings is 2. The fraction of sp³-hybridized carbons (Fsp3) is 0.160. The van der Waals surface area contributed by atoms with Crippen LogP contribution in [0.1, 0.15) is 33.0 Å². The second kappa shape index (κ2) is 9.79. The molecule has 0 N–H and O–H groups in total. The van der Waals surface area contributed by atoms with Crippen LogP contribution in [0.15, 0.2) is 70.0 Å². The summed E-state index contributed by atoms with van der Waals surface area (Å²) in [7, 11) is 1.24. The van der Waals surface area contributed by atoms with E-state index in [1.54, 1.807) is 6.08 Å². The zero-order valence-corrected chi connectivity index (χ0v) is 18.9. The number of thioether (sulfide) groups is 1. The molecule has 2 amide bonds. The van der Waals surface area contributed by atoms with Crippen LogP contribution >= 0.6 is 11.8 Å². The number of para-hydroxylation sites is 1. The highest BCUT2D eigenvalue weighted by molar-refractivity contribution is 8.18. The first-order chi connectivity index (χ1) is 15.9. The van der Waals surface area contributed by atoms with E-state index in [9.17, 15) is 14.4 Å². The van der Waals surface area contributed by atoms with E-state index in [1.165, 1.54) is 24.8 Å². The number of esters is 1. The molecule has 1 aliphatic heterocycles. The summed E-state index contributed by atoms with van der Waals surface area (Å²) in [6, 6.07) is 18.4. The molecule has 0 spiro atoms. The van der Waals surface area contributed by atoms with Gasteiger partial charge in [-0.25, -0.2) is 4.79 Å². The lowest BCUT2D eigenvalue weighted by molar-refractivity contribution is -0.123. The van der Waals surface area contributed by atoms with Gasteiger partial charge in [-0.1, -0.05) is 48.0 Å². The maximum Gasteiger partial charge on any atom is 0.373 e. The number of ether oxygens (including phenoxy) is 2. The standard InChI is InChI=1S/C25H21NO6S/c1-16-7-9-17(10-8-16)15-31-20-6-4-3-5-18(20)13-22-23(27)26(25(29)33-22)14-19-11-12-21(32-19)24(28)30-2/h3-13H,14-15H2,1-2H3. The van der Waals surface area contributed by atoms with Gasteiger partial charge in [-0.15, -0.1) is 0 Å². The third-order valence-electron chi connectivity index (χ3n) is 4.96. The van der Waals surface area contributed by atoms with Crippen LogP contribution in [-0.2, 0) is 22.7 Å². The maximum absolute atomic E-state index is 12.9. The fourth-order valence-corrected chi connectivity index (χ4v) is 4.01. The van der Waals surface area contributed by atoms with Crippen molar-refractivity contribution < 1.29 is 28.3 Å². The first kappa shape index (κ1) is 22.4. The van der Waals surface area contributed by atoms with Crippen molar-refractivity contribution in [3.05, 3.63) is 93.8 Å². The minimum atomic E-state index is -0.627. The second-order valence-corrected chi connectivity index (χ2v) is 8.33. The highest BCUT2D eigenvalue weighted by Crippen LogP contribution is 2.35. The Morgan fingerprint density at radius 2 is 1.82 bits per heavy atom. The van der Waals surface area contributed by atoms with E-state index < -0.39 is 17.1 Å². The molecule has 1 aliphatic rings.